The van der Waals surface area contributed by atoms with Crippen LogP contribution in [0.4, 0.5) is 13.2 Å². The Labute approximate surface area is 282 Å². The summed E-state index contributed by atoms with van der Waals surface area (Å²) in [5.74, 6) is -0.0121. The highest BCUT2D eigenvalue weighted by Crippen LogP contribution is 2.29. The van der Waals surface area contributed by atoms with Crippen molar-refractivity contribution in [1.29, 1.82) is 0 Å². The number of carbonyl (C=O) groups is 2. The van der Waals surface area contributed by atoms with Crippen LogP contribution in [0, 0.1) is 6.92 Å². The van der Waals surface area contributed by atoms with Crippen molar-refractivity contribution in [2.75, 3.05) is 65.4 Å². The lowest BCUT2D eigenvalue weighted by atomic mass is 10.1. The highest BCUT2D eigenvalue weighted by atomic mass is 35.5. The zero-order valence-corrected chi connectivity index (χ0v) is 27.7. The molecule has 0 N–H and O–H groups in total. The molecule has 2 aromatic carbocycles. The second kappa shape index (κ2) is 19.3. The van der Waals surface area contributed by atoms with Crippen LogP contribution in [0.3, 0.4) is 0 Å². The molecule has 0 aliphatic carbocycles. The Balaban J connectivity index is 0.00000368. The molecule has 2 heterocycles. The van der Waals surface area contributed by atoms with E-state index in [0.29, 0.717) is 18.7 Å². The lowest BCUT2D eigenvalue weighted by molar-refractivity contribution is -0.137. The summed E-state index contributed by atoms with van der Waals surface area (Å²) >= 11 is 0. The number of hydrogen-bond donors (Lipinski definition) is 0. The molecule has 2 fully saturated rings. The van der Waals surface area contributed by atoms with Crippen molar-refractivity contribution in [1.82, 2.24) is 19.6 Å². The van der Waals surface area contributed by atoms with Crippen LogP contribution in [0.15, 0.2) is 85.0 Å². The van der Waals surface area contributed by atoms with Gasteiger partial charge in [0.05, 0.1) is 5.56 Å². The van der Waals surface area contributed by atoms with Crippen molar-refractivity contribution in [3.8, 4) is 0 Å². The molecule has 0 saturated carbocycles. The number of amides is 2. The molecule has 0 radical (unpaired) electrons. The number of nitrogens with zero attached hydrogens (tertiary/aromatic N) is 4. The van der Waals surface area contributed by atoms with Gasteiger partial charge < -0.3 is 9.80 Å². The molecule has 0 aromatic heterocycles. The standard InChI is InChI=1S/C35H41F3N4O2.2ClH/c1-29-11-13-30(14-12-29)7-2-4-9-33(43)41-25-21-39(22-26-41)19-6-20-40-23-27-42(28-24-40)34(44)10-5-3-8-31-15-17-32(18-16-31)35(36,37)38;;/h2-5,7-18H,6,19-28H2,1H3;2*1H/b7-2+,8-3+,9-4+,10-5+;;. The Hall–Kier alpha value is -3.37. The highest BCUT2D eigenvalue weighted by Gasteiger charge is 2.29. The molecule has 0 bridgehead atoms. The molecule has 2 saturated heterocycles. The summed E-state index contributed by atoms with van der Waals surface area (Å²) < 4.78 is 38.0. The normalized spacial score (nSPS) is 16.8. The van der Waals surface area contributed by atoms with E-state index in [9.17, 15) is 22.8 Å². The van der Waals surface area contributed by atoms with E-state index in [1.165, 1.54) is 23.8 Å². The molecular weight excluding hydrogens is 636 g/mol. The first-order valence-electron chi connectivity index (χ1n) is 15.1. The minimum atomic E-state index is -4.35. The van der Waals surface area contributed by atoms with Gasteiger partial charge in [0, 0.05) is 64.5 Å². The highest BCUT2D eigenvalue weighted by molar-refractivity contribution is 5.88. The molecule has 46 heavy (non-hydrogen) atoms. The average molecular weight is 680 g/mol. The van der Waals surface area contributed by atoms with Crippen molar-refractivity contribution in [2.24, 2.45) is 0 Å². The third-order valence-corrected chi connectivity index (χ3v) is 7.91. The summed E-state index contributed by atoms with van der Waals surface area (Å²) in [6.07, 6.45) is 10.5. The van der Waals surface area contributed by atoms with E-state index in [2.05, 4.69) is 41.0 Å². The quantitative estimate of drug-likeness (QED) is 0.216. The molecule has 250 valence electrons. The maximum atomic E-state index is 12.7. The largest absolute Gasteiger partial charge is 0.416 e. The summed E-state index contributed by atoms with van der Waals surface area (Å²) in [5.41, 5.74) is 2.28. The minimum absolute atomic E-state index is 0. The van der Waals surface area contributed by atoms with E-state index >= 15 is 0 Å². The molecular formula is C35H43Cl2F3N4O2. The third kappa shape index (κ3) is 12.8. The molecule has 0 atom stereocenters. The van der Waals surface area contributed by atoms with E-state index in [0.717, 1.165) is 76.5 Å². The van der Waals surface area contributed by atoms with Gasteiger partial charge in [0.2, 0.25) is 11.8 Å². The zero-order valence-electron chi connectivity index (χ0n) is 26.1. The first-order valence-corrected chi connectivity index (χ1v) is 15.1. The summed E-state index contributed by atoms with van der Waals surface area (Å²) in [4.78, 5) is 33.6. The van der Waals surface area contributed by atoms with E-state index in [4.69, 9.17) is 0 Å². The van der Waals surface area contributed by atoms with Gasteiger partial charge in [0.15, 0.2) is 0 Å². The fourth-order valence-corrected chi connectivity index (χ4v) is 5.18. The fraction of sp³-hybridized carbons (Fsp3) is 0.371. The SMILES string of the molecule is Cc1ccc(/C=C/C=C/C(=O)N2CCN(CCCN3CCN(C(=O)/C=C/C=C/c4ccc(C(F)(F)F)cc4)CC3)CC2)cc1.Cl.Cl. The van der Waals surface area contributed by atoms with Crippen LogP contribution in [0.5, 0.6) is 0 Å². The Morgan fingerprint density at radius 1 is 0.630 bits per heavy atom. The van der Waals surface area contributed by atoms with Gasteiger partial charge in [-0.2, -0.15) is 13.2 Å². The number of rotatable bonds is 10. The van der Waals surface area contributed by atoms with Crippen molar-refractivity contribution < 1.29 is 22.8 Å². The maximum absolute atomic E-state index is 12.7. The number of halogens is 5. The lowest BCUT2D eigenvalue weighted by Gasteiger charge is -2.36. The van der Waals surface area contributed by atoms with E-state index < -0.39 is 11.7 Å². The van der Waals surface area contributed by atoms with Crippen molar-refractivity contribution in [3.05, 3.63) is 107 Å². The summed E-state index contributed by atoms with van der Waals surface area (Å²) in [7, 11) is 0. The molecule has 2 aliphatic rings. The smallest absolute Gasteiger partial charge is 0.337 e. The number of piperazine rings is 2. The van der Waals surface area contributed by atoms with Crippen LogP contribution < -0.4 is 0 Å². The van der Waals surface area contributed by atoms with Gasteiger partial charge in [-0.1, -0.05) is 78.4 Å². The van der Waals surface area contributed by atoms with E-state index in [-0.39, 0.29) is 36.6 Å². The molecule has 0 spiro atoms. The molecule has 2 aliphatic heterocycles. The predicted molar refractivity (Wildman–Crippen MR) is 184 cm³/mol. The van der Waals surface area contributed by atoms with Gasteiger partial charge in [-0.25, -0.2) is 0 Å². The van der Waals surface area contributed by atoms with Crippen molar-refractivity contribution >= 4 is 48.8 Å². The number of allylic oxidation sites excluding steroid dienone is 4. The summed E-state index contributed by atoms with van der Waals surface area (Å²) in [6, 6.07) is 13.1. The Bertz CT molecular complexity index is 1340. The monoisotopic (exact) mass is 678 g/mol. The van der Waals surface area contributed by atoms with Crippen LogP contribution >= 0.6 is 24.8 Å². The van der Waals surface area contributed by atoms with Gasteiger partial charge in [-0.05, 0) is 49.7 Å². The predicted octanol–water partition coefficient (Wildman–Crippen LogP) is 6.37. The first-order chi connectivity index (χ1) is 21.2. The van der Waals surface area contributed by atoms with Gasteiger partial charge in [0.25, 0.3) is 0 Å². The van der Waals surface area contributed by atoms with E-state index in [1.807, 2.05) is 28.0 Å². The lowest BCUT2D eigenvalue weighted by Crippen LogP contribution is -2.50. The fourth-order valence-electron chi connectivity index (χ4n) is 5.18. The minimum Gasteiger partial charge on any atom is -0.337 e. The Morgan fingerprint density at radius 2 is 1.02 bits per heavy atom. The molecule has 0 unspecified atom stereocenters. The number of hydrogen-bond acceptors (Lipinski definition) is 4. The van der Waals surface area contributed by atoms with E-state index in [1.54, 1.807) is 24.3 Å². The van der Waals surface area contributed by atoms with Crippen LogP contribution in [0.1, 0.15) is 28.7 Å². The average Bonchev–Trinajstić information content (AvgIpc) is 3.02. The Kier molecular flexibility index (Phi) is 16.3. The van der Waals surface area contributed by atoms with Crippen molar-refractivity contribution in [3.63, 3.8) is 0 Å². The zero-order chi connectivity index (χ0) is 31.4. The van der Waals surface area contributed by atoms with Gasteiger partial charge in [0.1, 0.15) is 0 Å². The van der Waals surface area contributed by atoms with Gasteiger partial charge in [-0.15, -0.1) is 24.8 Å². The van der Waals surface area contributed by atoms with Crippen LogP contribution in [0.2, 0.25) is 0 Å². The van der Waals surface area contributed by atoms with Crippen LogP contribution in [-0.4, -0.2) is 96.9 Å². The second-order valence-electron chi connectivity index (χ2n) is 11.2. The summed E-state index contributed by atoms with van der Waals surface area (Å²) in [6.45, 7) is 10.2. The number of alkyl halides is 3. The number of benzene rings is 2. The maximum Gasteiger partial charge on any atom is 0.416 e. The second-order valence-corrected chi connectivity index (χ2v) is 11.2. The number of carbonyl (C=O) groups excluding carboxylic acids is 2. The summed E-state index contributed by atoms with van der Waals surface area (Å²) in [5, 5.41) is 0. The third-order valence-electron chi connectivity index (χ3n) is 7.91. The Morgan fingerprint density at radius 3 is 1.41 bits per heavy atom. The molecule has 2 aromatic rings. The first kappa shape index (κ1) is 38.8. The molecule has 2 amide bonds. The topological polar surface area (TPSA) is 47.1 Å². The molecule has 11 heteroatoms. The number of aryl methyl sites for hydroxylation is 1. The van der Waals surface area contributed by atoms with Gasteiger partial charge >= 0.3 is 6.18 Å². The molecule has 4 rings (SSSR count). The molecule has 6 nitrogen and oxygen atoms in total. The van der Waals surface area contributed by atoms with Gasteiger partial charge in [-0.3, -0.25) is 19.4 Å². The van der Waals surface area contributed by atoms with Crippen LogP contribution in [-0.2, 0) is 15.8 Å². The van der Waals surface area contributed by atoms with Crippen molar-refractivity contribution in [2.45, 2.75) is 19.5 Å². The van der Waals surface area contributed by atoms with Crippen LogP contribution in [0.25, 0.3) is 12.2 Å².